The number of β-amino-alcohol motifs (C(OH)–C–C–N with tert-alkyl or cyclic N) is 1. The van der Waals surface area contributed by atoms with Crippen LogP contribution in [0.25, 0.3) is 0 Å². The smallest absolute Gasteiger partial charge is 0.159 e. The zero-order valence-electron chi connectivity index (χ0n) is 20.5. The summed E-state index contributed by atoms with van der Waals surface area (Å²) in [6.45, 7) is 6.48. The fourth-order valence-corrected chi connectivity index (χ4v) is 4.25. The van der Waals surface area contributed by atoms with Gasteiger partial charge in [-0.25, -0.2) is 0 Å². The summed E-state index contributed by atoms with van der Waals surface area (Å²) in [5, 5.41) is 17.2. The molecule has 6 heteroatoms. The van der Waals surface area contributed by atoms with Crippen molar-refractivity contribution in [2.75, 3.05) is 13.2 Å². The van der Waals surface area contributed by atoms with E-state index in [9.17, 15) is 9.90 Å². The van der Waals surface area contributed by atoms with Gasteiger partial charge in [-0.1, -0.05) is 30.4 Å². The molecule has 0 fully saturated rings. The van der Waals surface area contributed by atoms with Crippen molar-refractivity contribution in [1.29, 1.82) is 0 Å². The van der Waals surface area contributed by atoms with Gasteiger partial charge in [-0.3, -0.25) is 4.79 Å². The lowest BCUT2D eigenvalue weighted by Gasteiger charge is -2.29. The molecule has 2 aromatic rings. The average Bonchev–Trinajstić information content (AvgIpc) is 3.32. The fourth-order valence-electron chi connectivity index (χ4n) is 4.25. The van der Waals surface area contributed by atoms with Gasteiger partial charge in [-0.15, -0.1) is 0 Å². The number of benzene rings is 2. The molecular formula is C29H34N2O4. The number of nitrogens with one attached hydrogen (secondary N) is 2. The third-order valence-corrected chi connectivity index (χ3v) is 6.21. The van der Waals surface area contributed by atoms with Crippen molar-refractivity contribution in [3.63, 3.8) is 0 Å². The molecule has 2 aromatic carbocycles. The van der Waals surface area contributed by atoms with Gasteiger partial charge in [0, 0.05) is 17.6 Å². The summed E-state index contributed by atoms with van der Waals surface area (Å²) in [5.74, 6) is 2.55. The molecule has 3 atom stereocenters. The molecule has 2 unspecified atom stereocenters. The summed E-state index contributed by atoms with van der Waals surface area (Å²) < 4.78 is 11.8. The van der Waals surface area contributed by atoms with Crippen LogP contribution in [0.5, 0.6) is 11.5 Å². The Morgan fingerprint density at radius 2 is 1.77 bits per heavy atom. The lowest BCUT2D eigenvalue weighted by molar-refractivity contribution is 0.0578. The van der Waals surface area contributed by atoms with E-state index in [1.54, 1.807) is 31.2 Å². The van der Waals surface area contributed by atoms with Crippen molar-refractivity contribution in [3.8, 4) is 11.5 Å². The van der Waals surface area contributed by atoms with Gasteiger partial charge in [0.1, 0.15) is 30.0 Å². The Kier molecular flexibility index (Phi) is 7.73. The number of aliphatic hydroxyl groups is 1. The quantitative estimate of drug-likeness (QED) is 0.416. The second-order valence-corrected chi connectivity index (χ2v) is 9.76. The first-order valence-electron chi connectivity index (χ1n) is 12.0. The van der Waals surface area contributed by atoms with E-state index < -0.39 is 6.10 Å². The predicted octanol–water partition coefficient (Wildman–Crippen LogP) is 4.53. The second-order valence-electron chi connectivity index (χ2n) is 9.76. The van der Waals surface area contributed by atoms with Crippen molar-refractivity contribution < 1.29 is 19.4 Å². The van der Waals surface area contributed by atoms with E-state index in [-0.39, 0.29) is 29.9 Å². The Balaban J connectivity index is 1.22. The van der Waals surface area contributed by atoms with E-state index in [0.717, 1.165) is 17.9 Å². The van der Waals surface area contributed by atoms with Crippen LogP contribution in [-0.2, 0) is 11.2 Å². The minimum absolute atomic E-state index is 0.0356. The van der Waals surface area contributed by atoms with Crippen molar-refractivity contribution in [2.24, 2.45) is 5.92 Å². The van der Waals surface area contributed by atoms with Gasteiger partial charge in [0.2, 0.25) is 0 Å². The molecule has 4 rings (SSSR count). The predicted molar refractivity (Wildman–Crippen MR) is 137 cm³/mol. The number of aliphatic hydroxyl groups excluding tert-OH is 1. The maximum absolute atomic E-state index is 11.4. The van der Waals surface area contributed by atoms with Gasteiger partial charge in [-0.2, -0.15) is 0 Å². The number of ether oxygens (including phenoxy) is 2. The first kappa shape index (κ1) is 24.8. The Morgan fingerprint density at radius 3 is 2.46 bits per heavy atom. The van der Waals surface area contributed by atoms with Crippen LogP contribution in [-0.4, -0.2) is 41.7 Å². The van der Waals surface area contributed by atoms with E-state index in [0.29, 0.717) is 17.9 Å². The lowest BCUT2D eigenvalue weighted by atomic mass is 9.94. The molecule has 35 heavy (non-hydrogen) atoms. The van der Waals surface area contributed by atoms with Crippen LogP contribution in [0.2, 0.25) is 0 Å². The van der Waals surface area contributed by atoms with Crippen molar-refractivity contribution in [1.82, 2.24) is 10.6 Å². The largest absolute Gasteiger partial charge is 0.494 e. The van der Waals surface area contributed by atoms with E-state index >= 15 is 0 Å². The number of ketones is 1. The summed E-state index contributed by atoms with van der Waals surface area (Å²) >= 11 is 0. The molecule has 0 saturated heterocycles. The van der Waals surface area contributed by atoms with Gasteiger partial charge in [0.25, 0.3) is 0 Å². The number of rotatable bonds is 11. The molecule has 2 aliphatic rings. The molecule has 0 saturated carbocycles. The number of carbonyl (C=O) groups is 1. The molecule has 3 N–H and O–H groups in total. The fraction of sp³-hybridized carbons (Fsp3) is 0.345. The van der Waals surface area contributed by atoms with Gasteiger partial charge in [-0.05, 0) is 81.4 Å². The highest BCUT2D eigenvalue weighted by Gasteiger charge is 2.27. The van der Waals surface area contributed by atoms with Crippen LogP contribution < -0.4 is 15.4 Å². The number of hydrogen-bond acceptors (Lipinski definition) is 6. The Morgan fingerprint density at radius 1 is 1.09 bits per heavy atom. The highest BCUT2D eigenvalue weighted by molar-refractivity contribution is 5.94. The Hall–Kier alpha value is -3.35. The van der Waals surface area contributed by atoms with Crippen LogP contribution in [0.4, 0.5) is 0 Å². The molecule has 0 radical (unpaired) electrons. The highest BCUT2D eigenvalue weighted by atomic mass is 16.5. The lowest BCUT2D eigenvalue weighted by Crippen LogP contribution is -2.46. The third-order valence-electron chi connectivity index (χ3n) is 6.21. The van der Waals surface area contributed by atoms with Crippen molar-refractivity contribution in [3.05, 3.63) is 95.9 Å². The minimum Gasteiger partial charge on any atom is -0.494 e. The maximum atomic E-state index is 11.4. The van der Waals surface area contributed by atoms with Gasteiger partial charge < -0.3 is 25.2 Å². The van der Waals surface area contributed by atoms with E-state index in [1.165, 1.54) is 5.56 Å². The minimum atomic E-state index is -0.608. The van der Waals surface area contributed by atoms with E-state index in [4.69, 9.17) is 9.47 Å². The summed E-state index contributed by atoms with van der Waals surface area (Å²) in [6, 6.07) is 15.4. The van der Waals surface area contributed by atoms with Crippen LogP contribution in [0, 0.1) is 5.92 Å². The van der Waals surface area contributed by atoms with E-state index in [1.807, 2.05) is 42.6 Å². The molecule has 0 bridgehead atoms. The van der Waals surface area contributed by atoms with Gasteiger partial charge >= 0.3 is 0 Å². The molecule has 0 spiro atoms. The van der Waals surface area contributed by atoms with E-state index in [2.05, 4.69) is 36.6 Å². The Labute approximate surface area is 207 Å². The molecule has 6 nitrogen and oxygen atoms in total. The number of allylic oxidation sites excluding steroid dienone is 2. The van der Waals surface area contributed by atoms with Gasteiger partial charge in [0.05, 0.1) is 12.0 Å². The summed E-state index contributed by atoms with van der Waals surface area (Å²) in [7, 11) is 0. The number of fused-ring (bicyclic) bond motifs is 1. The SMILES string of the molecule is CC(=O)c1ccc(Oc2ccc(CC(C)(C)NC[C@H](O)COC3=CC=CC4NC=CC34)cc2)cc1. The van der Waals surface area contributed by atoms with Crippen molar-refractivity contribution >= 4 is 5.78 Å². The van der Waals surface area contributed by atoms with Crippen LogP contribution in [0.15, 0.2) is 84.8 Å². The standard InChI is InChI=1S/C29H34N2O4/c1-20(32)22-9-13-25(14-10-22)35-24-11-7-21(8-12-24)17-29(2,3)31-18-23(33)19-34-28-6-4-5-27-26(28)15-16-30-27/h4-16,23,26-27,30-31,33H,17-19H2,1-3H3/t23-,26?,27?/m0/s1. The first-order chi connectivity index (χ1) is 16.8. The third kappa shape index (κ3) is 6.84. The average molecular weight is 475 g/mol. The first-order valence-corrected chi connectivity index (χ1v) is 12.0. The topological polar surface area (TPSA) is 79.8 Å². The normalized spacial score (nSPS) is 19.5. The zero-order valence-corrected chi connectivity index (χ0v) is 20.5. The monoisotopic (exact) mass is 474 g/mol. The van der Waals surface area contributed by atoms with Crippen LogP contribution in [0.3, 0.4) is 0 Å². The summed E-state index contributed by atoms with van der Waals surface area (Å²) in [5.41, 5.74) is 1.62. The molecule has 1 aliphatic heterocycles. The summed E-state index contributed by atoms with van der Waals surface area (Å²) in [6.07, 6.45) is 10.3. The van der Waals surface area contributed by atoms with Gasteiger partial charge in [0.15, 0.2) is 5.78 Å². The number of carbonyl (C=O) groups excluding carboxylic acids is 1. The molecule has 1 heterocycles. The maximum Gasteiger partial charge on any atom is 0.159 e. The van der Waals surface area contributed by atoms with Crippen molar-refractivity contribution in [2.45, 2.75) is 44.9 Å². The van der Waals surface area contributed by atoms with Crippen LogP contribution in [0.1, 0.15) is 36.7 Å². The number of hydrogen-bond donors (Lipinski definition) is 3. The number of Topliss-reactive ketones (excluding diaryl/α,β-unsaturated/α-hetero) is 1. The summed E-state index contributed by atoms with van der Waals surface area (Å²) in [4.78, 5) is 11.4. The molecule has 0 amide bonds. The Bertz CT molecular complexity index is 1100. The zero-order chi connectivity index (χ0) is 24.8. The van der Waals surface area contributed by atoms with Crippen LogP contribution >= 0.6 is 0 Å². The highest BCUT2D eigenvalue weighted by Crippen LogP contribution is 2.27. The molecular weight excluding hydrogens is 440 g/mol. The molecule has 184 valence electrons. The molecule has 0 aromatic heterocycles. The molecule has 1 aliphatic carbocycles. The second kappa shape index (κ2) is 10.9.